The largest absolute Gasteiger partial charge is 0.479 e. The molecule has 0 aromatic rings. The van der Waals surface area contributed by atoms with Crippen LogP contribution in [0.4, 0.5) is 4.79 Å². The van der Waals surface area contributed by atoms with Crippen LogP contribution in [-0.2, 0) is 9.53 Å². The number of nitrogens with one attached hydrogen (secondary N) is 1. The fourth-order valence-electron chi connectivity index (χ4n) is 1.02. The van der Waals surface area contributed by atoms with Crippen LogP contribution < -0.4 is 5.32 Å². The van der Waals surface area contributed by atoms with Crippen LogP contribution in [0, 0.1) is 0 Å². The number of urea groups is 1. The molecule has 3 N–H and O–H groups in total. The molecule has 0 heterocycles. The Morgan fingerprint density at radius 3 is 2.71 bits per heavy atom. The predicted octanol–water partition coefficient (Wildman–Crippen LogP) is -0.724. The van der Waals surface area contributed by atoms with Crippen molar-refractivity contribution in [2.75, 3.05) is 33.4 Å². The molecule has 0 saturated carbocycles. The minimum absolute atomic E-state index is 0.318. The number of carboxylic acid groups (broad SMARTS) is 1. The molecule has 0 aromatic heterocycles. The summed E-state index contributed by atoms with van der Waals surface area (Å²) < 4.78 is 4.83. The zero-order valence-corrected chi connectivity index (χ0v) is 9.76. The monoisotopic (exact) mass is 246 g/mol. The maximum Gasteiger partial charge on any atom is 0.334 e. The SMILES string of the molecule is C=CCN(CCOC)C(=O)NC[C@H](O)C(=O)O. The highest BCUT2D eigenvalue weighted by Crippen LogP contribution is 1.91. The van der Waals surface area contributed by atoms with Crippen molar-refractivity contribution < 1.29 is 24.5 Å². The van der Waals surface area contributed by atoms with Crippen molar-refractivity contribution in [2.45, 2.75) is 6.10 Å². The number of hydrogen-bond acceptors (Lipinski definition) is 4. The second-order valence-corrected chi connectivity index (χ2v) is 3.27. The molecular formula is C10H18N2O5. The third kappa shape index (κ3) is 6.54. The molecule has 0 saturated heterocycles. The number of rotatable bonds is 8. The number of carbonyl (C=O) groups is 2. The van der Waals surface area contributed by atoms with Gasteiger partial charge in [-0.25, -0.2) is 9.59 Å². The van der Waals surface area contributed by atoms with E-state index in [4.69, 9.17) is 14.9 Å². The number of nitrogens with zero attached hydrogens (tertiary/aromatic N) is 1. The Bertz CT molecular complexity index is 269. The van der Waals surface area contributed by atoms with Gasteiger partial charge in [0.2, 0.25) is 0 Å². The van der Waals surface area contributed by atoms with E-state index in [1.54, 1.807) is 6.08 Å². The first-order valence-corrected chi connectivity index (χ1v) is 5.06. The summed E-state index contributed by atoms with van der Waals surface area (Å²) in [5.74, 6) is -1.38. The first-order valence-electron chi connectivity index (χ1n) is 5.06. The minimum Gasteiger partial charge on any atom is -0.479 e. The van der Waals surface area contributed by atoms with E-state index in [-0.39, 0.29) is 6.54 Å². The molecule has 1 atom stereocenters. The third-order valence-electron chi connectivity index (χ3n) is 1.93. The Balaban J connectivity index is 4.12. The maximum atomic E-state index is 11.6. The average molecular weight is 246 g/mol. The summed E-state index contributed by atoms with van der Waals surface area (Å²) in [5.41, 5.74) is 0. The van der Waals surface area contributed by atoms with E-state index in [1.165, 1.54) is 12.0 Å². The highest BCUT2D eigenvalue weighted by atomic mass is 16.5. The summed E-state index contributed by atoms with van der Waals surface area (Å²) in [7, 11) is 1.51. The summed E-state index contributed by atoms with van der Waals surface area (Å²) in [5, 5.41) is 19.7. The number of ether oxygens (including phenoxy) is 1. The van der Waals surface area contributed by atoms with E-state index in [1.807, 2.05) is 0 Å². The normalized spacial score (nSPS) is 11.6. The van der Waals surface area contributed by atoms with Crippen molar-refractivity contribution in [3.63, 3.8) is 0 Å². The van der Waals surface area contributed by atoms with Crippen molar-refractivity contribution in [1.29, 1.82) is 0 Å². The van der Waals surface area contributed by atoms with Gasteiger partial charge in [-0.15, -0.1) is 6.58 Å². The summed E-state index contributed by atoms with van der Waals surface area (Å²) in [6, 6.07) is -0.470. The van der Waals surface area contributed by atoms with Crippen LogP contribution in [0.3, 0.4) is 0 Å². The van der Waals surface area contributed by atoms with Gasteiger partial charge in [-0.1, -0.05) is 6.08 Å². The quantitative estimate of drug-likeness (QED) is 0.491. The number of aliphatic hydroxyl groups is 1. The summed E-state index contributed by atoms with van der Waals surface area (Å²) in [6.45, 7) is 4.21. The van der Waals surface area contributed by atoms with Crippen molar-refractivity contribution in [1.82, 2.24) is 10.2 Å². The fraction of sp³-hybridized carbons (Fsp3) is 0.600. The van der Waals surface area contributed by atoms with Gasteiger partial charge in [0.25, 0.3) is 0 Å². The lowest BCUT2D eigenvalue weighted by atomic mass is 10.3. The van der Waals surface area contributed by atoms with Gasteiger partial charge in [0.15, 0.2) is 6.10 Å². The number of methoxy groups -OCH3 is 1. The third-order valence-corrected chi connectivity index (χ3v) is 1.93. The number of aliphatic hydroxyl groups excluding tert-OH is 1. The molecule has 0 rings (SSSR count). The molecule has 2 amide bonds. The topological polar surface area (TPSA) is 99.1 Å². The Kier molecular flexibility index (Phi) is 7.74. The Morgan fingerprint density at radius 1 is 1.59 bits per heavy atom. The smallest absolute Gasteiger partial charge is 0.334 e. The van der Waals surface area contributed by atoms with Crippen LogP contribution in [0.15, 0.2) is 12.7 Å². The molecule has 0 aromatic carbocycles. The highest BCUT2D eigenvalue weighted by Gasteiger charge is 2.16. The van der Waals surface area contributed by atoms with E-state index in [0.29, 0.717) is 19.7 Å². The van der Waals surface area contributed by atoms with Crippen LogP contribution in [0.5, 0.6) is 0 Å². The molecule has 7 heteroatoms. The van der Waals surface area contributed by atoms with Gasteiger partial charge < -0.3 is 25.2 Å². The minimum atomic E-state index is -1.60. The lowest BCUT2D eigenvalue weighted by molar-refractivity contribution is -0.146. The lowest BCUT2D eigenvalue weighted by Crippen LogP contribution is -2.45. The number of carboxylic acids is 1. The summed E-state index contributed by atoms with van der Waals surface area (Å²) in [6.07, 6.45) is -0.0602. The molecule has 17 heavy (non-hydrogen) atoms. The number of hydrogen-bond donors (Lipinski definition) is 3. The van der Waals surface area contributed by atoms with Crippen molar-refractivity contribution in [3.8, 4) is 0 Å². The lowest BCUT2D eigenvalue weighted by Gasteiger charge is -2.21. The molecular weight excluding hydrogens is 228 g/mol. The van der Waals surface area contributed by atoms with Gasteiger partial charge in [0.05, 0.1) is 13.2 Å². The van der Waals surface area contributed by atoms with Gasteiger partial charge in [-0.3, -0.25) is 0 Å². The fourth-order valence-corrected chi connectivity index (χ4v) is 1.02. The van der Waals surface area contributed by atoms with Crippen LogP contribution in [-0.4, -0.2) is 66.6 Å². The highest BCUT2D eigenvalue weighted by molar-refractivity contribution is 5.76. The Morgan fingerprint density at radius 2 is 2.24 bits per heavy atom. The van der Waals surface area contributed by atoms with Crippen molar-refractivity contribution in [3.05, 3.63) is 12.7 Å². The summed E-state index contributed by atoms with van der Waals surface area (Å²) in [4.78, 5) is 23.3. The van der Waals surface area contributed by atoms with Crippen LogP contribution in [0.1, 0.15) is 0 Å². The standard InChI is InChI=1S/C10H18N2O5/c1-3-4-12(5-6-17-2)10(16)11-7-8(13)9(14)15/h3,8,13H,1,4-7H2,2H3,(H,11,16)(H,14,15)/t8-/m0/s1. The Hall–Kier alpha value is -1.60. The van der Waals surface area contributed by atoms with Gasteiger partial charge >= 0.3 is 12.0 Å². The van der Waals surface area contributed by atoms with E-state index in [2.05, 4.69) is 11.9 Å². The molecule has 0 fully saturated rings. The zero-order valence-electron chi connectivity index (χ0n) is 9.76. The van der Waals surface area contributed by atoms with Crippen molar-refractivity contribution in [2.24, 2.45) is 0 Å². The molecule has 0 radical (unpaired) electrons. The average Bonchev–Trinajstić information content (AvgIpc) is 2.30. The predicted molar refractivity (Wildman–Crippen MR) is 60.7 cm³/mol. The molecule has 0 aliphatic rings. The van der Waals surface area contributed by atoms with Gasteiger partial charge in [-0.05, 0) is 0 Å². The van der Waals surface area contributed by atoms with Crippen LogP contribution in [0.2, 0.25) is 0 Å². The molecule has 98 valence electrons. The van der Waals surface area contributed by atoms with Gasteiger partial charge in [0.1, 0.15) is 0 Å². The molecule has 0 aliphatic heterocycles. The van der Waals surface area contributed by atoms with E-state index < -0.39 is 18.1 Å². The molecule has 0 spiro atoms. The van der Waals surface area contributed by atoms with E-state index in [0.717, 1.165) is 0 Å². The molecule has 0 unspecified atom stereocenters. The number of aliphatic carboxylic acids is 1. The van der Waals surface area contributed by atoms with E-state index >= 15 is 0 Å². The second kappa shape index (κ2) is 8.54. The zero-order chi connectivity index (χ0) is 13.3. The molecule has 0 bridgehead atoms. The van der Waals surface area contributed by atoms with Gasteiger partial charge in [0, 0.05) is 20.2 Å². The Labute approximate surface area is 99.7 Å². The van der Waals surface area contributed by atoms with Gasteiger partial charge in [-0.2, -0.15) is 0 Å². The van der Waals surface area contributed by atoms with Crippen LogP contribution >= 0.6 is 0 Å². The molecule has 7 nitrogen and oxygen atoms in total. The number of carbonyl (C=O) groups excluding carboxylic acids is 1. The maximum absolute atomic E-state index is 11.6. The van der Waals surface area contributed by atoms with E-state index in [9.17, 15) is 9.59 Å². The first-order chi connectivity index (χ1) is 8.02. The van der Waals surface area contributed by atoms with Crippen molar-refractivity contribution >= 4 is 12.0 Å². The second-order valence-electron chi connectivity index (χ2n) is 3.27. The first kappa shape index (κ1) is 15.4. The summed E-state index contributed by atoms with van der Waals surface area (Å²) >= 11 is 0. The number of amides is 2. The molecule has 0 aliphatic carbocycles. The van der Waals surface area contributed by atoms with Crippen LogP contribution in [0.25, 0.3) is 0 Å².